The number of hydrogen-bond acceptors (Lipinski definition) is 3. The molecule has 3 rings (SSSR count). The minimum atomic E-state index is -0.393. The van der Waals surface area contributed by atoms with Crippen molar-refractivity contribution < 1.29 is 9.59 Å². The van der Waals surface area contributed by atoms with Crippen molar-refractivity contribution in [3.63, 3.8) is 0 Å². The first-order chi connectivity index (χ1) is 12.0. The van der Waals surface area contributed by atoms with Crippen molar-refractivity contribution in [2.75, 3.05) is 11.9 Å². The van der Waals surface area contributed by atoms with E-state index in [1.807, 2.05) is 24.3 Å². The molecule has 0 radical (unpaired) electrons. The molecule has 1 heterocycles. The Bertz CT molecular complexity index is 972. The van der Waals surface area contributed by atoms with Crippen molar-refractivity contribution in [3.8, 4) is 0 Å². The summed E-state index contributed by atoms with van der Waals surface area (Å²) in [6, 6.07) is 12.2. The number of halogens is 3. The van der Waals surface area contributed by atoms with E-state index in [0.717, 1.165) is 10.1 Å². The van der Waals surface area contributed by atoms with Crippen LogP contribution in [-0.2, 0) is 4.79 Å². The van der Waals surface area contributed by atoms with Crippen molar-refractivity contribution in [1.29, 1.82) is 0 Å². The smallest absolute Gasteiger partial charge is 0.263 e. The molecule has 3 aromatic rings. The van der Waals surface area contributed by atoms with Crippen molar-refractivity contribution in [1.82, 2.24) is 5.32 Å². The van der Waals surface area contributed by atoms with E-state index in [4.69, 9.17) is 34.8 Å². The first-order valence-electron chi connectivity index (χ1n) is 7.16. The van der Waals surface area contributed by atoms with Gasteiger partial charge in [-0.25, -0.2) is 0 Å². The number of rotatable bonds is 4. The fourth-order valence-corrected chi connectivity index (χ4v) is 3.91. The van der Waals surface area contributed by atoms with Crippen LogP contribution in [0.4, 0.5) is 5.69 Å². The number of fused-ring (bicyclic) bond motifs is 1. The fourth-order valence-electron chi connectivity index (χ4n) is 2.18. The van der Waals surface area contributed by atoms with E-state index in [1.165, 1.54) is 17.4 Å². The molecule has 8 heteroatoms. The maximum Gasteiger partial charge on any atom is 0.263 e. The summed E-state index contributed by atoms with van der Waals surface area (Å²) in [6.45, 7) is -0.191. The molecular weight excluding hydrogens is 403 g/mol. The van der Waals surface area contributed by atoms with E-state index in [9.17, 15) is 9.59 Å². The average Bonchev–Trinajstić information content (AvgIpc) is 2.93. The number of thiophene rings is 1. The predicted molar refractivity (Wildman–Crippen MR) is 104 cm³/mol. The molecule has 0 saturated carbocycles. The summed E-state index contributed by atoms with van der Waals surface area (Å²) in [4.78, 5) is 24.6. The van der Waals surface area contributed by atoms with Crippen LogP contribution in [-0.4, -0.2) is 18.4 Å². The molecule has 0 spiro atoms. The van der Waals surface area contributed by atoms with Gasteiger partial charge in [0, 0.05) is 15.8 Å². The Balaban J connectivity index is 1.64. The highest BCUT2D eigenvalue weighted by atomic mass is 35.5. The molecular formula is C17H11Cl3N2O2S. The summed E-state index contributed by atoms with van der Waals surface area (Å²) >= 11 is 19.3. The lowest BCUT2D eigenvalue weighted by Gasteiger charge is -2.07. The monoisotopic (exact) mass is 412 g/mol. The quantitative estimate of drug-likeness (QED) is 0.615. The lowest BCUT2D eigenvalue weighted by Crippen LogP contribution is -2.32. The van der Waals surface area contributed by atoms with Gasteiger partial charge in [-0.3, -0.25) is 9.59 Å². The van der Waals surface area contributed by atoms with Gasteiger partial charge in [0.2, 0.25) is 5.91 Å². The minimum absolute atomic E-state index is 0.191. The first-order valence-corrected chi connectivity index (χ1v) is 9.11. The van der Waals surface area contributed by atoms with E-state index >= 15 is 0 Å². The topological polar surface area (TPSA) is 58.2 Å². The molecule has 25 heavy (non-hydrogen) atoms. The average molecular weight is 414 g/mol. The van der Waals surface area contributed by atoms with Crippen LogP contribution in [0, 0.1) is 0 Å². The molecule has 2 amide bonds. The lowest BCUT2D eigenvalue weighted by molar-refractivity contribution is -0.115. The first kappa shape index (κ1) is 18.0. The Morgan fingerprint density at radius 3 is 2.48 bits per heavy atom. The molecule has 0 aliphatic carbocycles. The molecule has 0 bridgehead atoms. The van der Waals surface area contributed by atoms with Gasteiger partial charge in [0.15, 0.2) is 0 Å². The van der Waals surface area contributed by atoms with Gasteiger partial charge in [-0.1, -0.05) is 53.0 Å². The van der Waals surface area contributed by atoms with Gasteiger partial charge in [0.1, 0.15) is 4.88 Å². The maximum absolute atomic E-state index is 12.3. The summed E-state index contributed by atoms with van der Waals surface area (Å²) in [5.41, 5.74) is 0.494. The van der Waals surface area contributed by atoms with E-state index < -0.39 is 5.91 Å². The molecule has 4 nitrogen and oxygen atoms in total. The van der Waals surface area contributed by atoms with E-state index in [0.29, 0.717) is 25.6 Å². The van der Waals surface area contributed by atoms with Crippen LogP contribution in [0.5, 0.6) is 0 Å². The molecule has 0 unspecified atom stereocenters. The molecule has 0 atom stereocenters. The van der Waals surface area contributed by atoms with E-state index in [1.54, 1.807) is 12.1 Å². The Labute approximate surface area is 162 Å². The SMILES string of the molecule is O=C(CNC(=O)c1sc2ccccc2c1Cl)Nc1ccc(Cl)c(Cl)c1. The third kappa shape index (κ3) is 4.07. The molecule has 0 aliphatic rings. The molecule has 0 saturated heterocycles. The van der Waals surface area contributed by atoms with Crippen LogP contribution in [0.1, 0.15) is 9.67 Å². The number of benzene rings is 2. The Hall–Kier alpha value is -1.79. The van der Waals surface area contributed by atoms with Crippen molar-refractivity contribution in [3.05, 3.63) is 62.4 Å². The van der Waals surface area contributed by atoms with Crippen LogP contribution in [0.2, 0.25) is 15.1 Å². The minimum Gasteiger partial charge on any atom is -0.342 e. The number of amides is 2. The summed E-state index contributed by atoms with van der Waals surface area (Å²) < 4.78 is 0.915. The number of carbonyl (C=O) groups excluding carboxylic acids is 2. The largest absolute Gasteiger partial charge is 0.342 e. The van der Waals surface area contributed by atoms with Crippen molar-refractivity contribution in [2.24, 2.45) is 0 Å². The highest BCUT2D eigenvalue weighted by Gasteiger charge is 2.17. The second kappa shape index (κ2) is 7.62. The summed E-state index contributed by atoms with van der Waals surface area (Å²) in [6.07, 6.45) is 0. The maximum atomic E-state index is 12.3. The van der Waals surface area contributed by atoms with Gasteiger partial charge in [0.05, 0.1) is 21.6 Å². The van der Waals surface area contributed by atoms with Crippen LogP contribution in [0.25, 0.3) is 10.1 Å². The van der Waals surface area contributed by atoms with Gasteiger partial charge >= 0.3 is 0 Å². The van der Waals surface area contributed by atoms with Crippen molar-refractivity contribution >= 4 is 73.7 Å². The van der Waals surface area contributed by atoms with Gasteiger partial charge in [-0.05, 0) is 24.3 Å². The van der Waals surface area contributed by atoms with Crippen LogP contribution in [0.3, 0.4) is 0 Å². The number of hydrogen-bond donors (Lipinski definition) is 2. The normalized spacial score (nSPS) is 10.7. The second-order valence-corrected chi connectivity index (χ2v) is 7.35. The zero-order valence-electron chi connectivity index (χ0n) is 12.6. The van der Waals surface area contributed by atoms with Gasteiger partial charge in [-0.15, -0.1) is 11.3 Å². The summed E-state index contributed by atoms with van der Waals surface area (Å²) in [5, 5.41) is 7.13. The standard InChI is InChI=1S/C17H11Cl3N2O2S/c18-11-6-5-9(7-12(11)19)22-14(23)8-21-17(24)16-15(20)10-3-1-2-4-13(10)25-16/h1-7H,8H2,(H,21,24)(H,22,23). The van der Waals surface area contributed by atoms with Crippen LogP contribution in [0.15, 0.2) is 42.5 Å². The third-order valence-corrected chi connectivity index (χ3v) is 5.77. The summed E-state index contributed by atoms with van der Waals surface area (Å²) in [7, 11) is 0. The van der Waals surface area contributed by atoms with Gasteiger partial charge in [-0.2, -0.15) is 0 Å². The number of anilines is 1. The zero-order valence-corrected chi connectivity index (χ0v) is 15.7. The Kier molecular flexibility index (Phi) is 5.49. The molecule has 128 valence electrons. The van der Waals surface area contributed by atoms with E-state index in [2.05, 4.69) is 10.6 Å². The Morgan fingerprint density at radius 1 is 1.00 bits per heavy atom. The highest BCUT2D eigenvalue weighted by molar-refractivity contribution is 7.21. The van der Waals surface area contributed by atoms with Gasteiger partial charge in [0.25, 0.3) is 5.91 Å². The molecule has 2 aromatic carbocycles. The van der Waals surface area contributed by atoms with Crippen LogP contribution >= 0.6 is 46.1 Å². The fraction of sp³-hybridized carbons (Fsp3) is 0.0588. The zero-order chi connectivity index (χ0) is 18.0. The summed E-state index contributed by atoms with van der Waals surface area (Å²) in [5.74, 6) is -0.778. The number of carbonyl (C=O) groups is 2. The molecule has 0 aliphatic heterocycles. The molecule has 2 N–H and O–H groups in total. The van der Waals surface area contributed by atoms with Gasteiger partial charge < -0.3 is 10.6 Å². The lowest BCUT2D eigenvalue weighted by atomic mass is 10.2. The van der Waals surface area contributed by atoms with Crippen LogP contribution < -0.4 is 10.6 Å². The van der Waals surface area contributed by atoms with Crippen molar-refractivity contribution in [2.45, 2.75) is 0 Å². The highest BCUT2D eigenvalue weighted by Crippen LogP contribution is 2.34. The number of nitrogens with one attached hydrogen (secondary N) is 2. The predicted octanol–water partition coefficient (Wildman–Crippen LogP) is 5.23. The second-order valence-electron chi connectivity index (χ2n) is 5.10. The third-order valence-electron chi connectivity index (χ3n) is 3.35. The van der Waals surface area contributed by atoms with E-state index in [-0.39, 0.29) is 12.5 Å². The Morgan fingerprint density at radius 2 is 1.76 bits per heavy atom. The molecule has 0 fully saturated rings. The molecule has 1 aromatic heterocycles.